The van der Waals surface area contributed by atoms with E-state index in [0.717, 1.165) is 20.3 Å². The van der Waals surface area contributed by atoms with Gasteiger partial charge in [-0.15, -0.1) is 11.3 Å². The molecule has 0 bridgehead atoms. The van der Waals surface area contributed by atoms with Gasteiger partial charge in [-0.3, -0.25) is 0 Å². The van der Waals surface area contributed by atoms with Gasteiger partial charge in [-0.05, 0) is 42.3 Å². The second-order valence-electron chi connectivity index (χ2n) is 3.79. The van der Waals surface area contributed by atoms with Crippen molar-refractivity contribution < 1.29 is 0 Å². The molecule has 2 N–H and O–H groups in total. The van der Waals surface area contributed by atoms with Crippen LogP contribution >= 0.6 is 46.1 Å². The quantitative estimate of drug-likeness (QED) is 0.824. The van der Waals surface area contributed by atoms with Crippen LogP contribution in [0.4, 0.5) is 0 Å². The highest BCUT2D eigenvalue weighted by Gasteiger charge is 2.14. The van der Waals surface area contributed by atoms with Crippen molar-refractivity contribution in [1.29, 1.82) is 0 Å². The van der Waals surface area contributed by atoms with Crippen molar-refractivity contribution in [1.82, 2.24) is 0 Å². The van der Waals surface area contributed by atoms with Gasteiger partial charge in [-0.1, -0.05) is 34.8 Å². The Morgan fingerprint density at radius 3 is 2.12 bits per heavy atom. The highest BCUT2D eigenvalue weighted by Crippen LogP contribution is 2.34. The van der Waals surface area contributed by atoms with Gasteiger partial charge in [0.25, 0.3) is 0 Å². The van der Waals surface area contributed by atoms with E-state index in [1.165, 1.54) is 11.3 Å². The zero-order chi connectivity index (χ0) is 12.6. The van der Waals surface area contributed by atoms with Crippen LogP contribution in [-0.4, -0.2) is 0 Å². The maximum Gasteiger partial charge on any atom is 0.0961 e. The summed E-state index contributed by atoms with van der Waals surface area (Å²) in [5, 5.41) is 1.17. The summed E-state index contributed by atoms with van der Waals surface area (Å²) in [5.74, 6) is 0. The fourth-order valence-corrected chi connectivity index (χ4v) is 3.35. The lowest BCUT2D eigenvalue weighted by molar-refractivity contribution is 0.893. The third-order valence-electron chi connectivity index (χ3n) is 2.43. The largest absolute Gasteiger partial charge is 0.320 e. The molecule has 1 atom stereocenters. The van der Waals surface area contributed by atoms with E-state index in [9.17, 15) is 0 Å². The SMILES string of the molecule is Cc1cc(C(N)c2cc(Cl)cc(Cl)c2)sc1Cl. The Kier molecular flexibility index (Phi) is 4.01. The Morgan fingerprint density at radius 2 is 1.65 bits per heavy atom. The van der Waals surface area contributed by atoms with Gasteiger partial charge in [0, 0.05) is 14.9 Å². The van der Waals surface area contributed by atoms with Gasteiger partial charge in [-0.2, -0.15) is 0 Å². The molecule has 0 fully saturated rings. The summed E-state index contributed by atoms with van der Waals surface area (Å²) in [4.78, 5) is 1.01. The summed E-state index contributed by atoms with van der Waals surface area (Å²) in [6.45, 7) is 1.96. The van der Waals surface area contributed by atoms with Gasteiger partial charge >= 0.3 is 0 Å². The molecule has 0 saturated carbocycles. The lowest BCUT2D eigenvalue weighted by atomic mass is 10.1. The van der Waals surface area contributed by atoms with Crippen LogP contribution in [-0.2, 0) is 0 Å². The molecule has 1 aromatic carbocycles. The second kappa shape index (κ2) is 5.17. The predicted octanol–water partition coefficient (Wildman–Crippen LogP) is 5.06. The highest BCUT2D eigenvalue weighted by molar-refractivity contribution is 7.16. The van der Waals surface area contributed by atoms with E-state index >= 15 is 0 Å². The first kappa shape index (κ1) is 13.2. The maximum atomic E-state index is 6.17. The smallest absolute Gasteiger partial charge is 0.0961 e. The summed E-state index contributed by atoms with van der Waals surface area (Å²) in [5.41, 5.74) is 8.10. The third-order valence-corrected chi connectivity index (χ3v) is 4.50. The fourth-order valence-electron chi connectivity index (χ4n) is 1.56. The number of hydrogen-bond acceptors (Lipinski definition) is 2. The van der Waals surface area contributed by atoms with Crippen molar-refractivity contribution in [3.63, 3.8) is 0 Å². The molecule has 17 heavy (non-hydrogen) atoms. The number of hydrogen-bond donors (Lipinski definition) is 1. The van der Waals surface area contributed by atoms with Gasteiger partial charge in [0.15, 0.2) is 0 Å². The Bertz CT molecular complexity index is 511. The van der Waals surface area contributed by atoms with Crippen molar-refractivity contribution in [2.24, 2.45) is 5.73 Å². The standard InChI is InChI=1S/C12H10Cl3NS/c1-6-2-10(17-12(6)15)11(16)7-3-8(13)5-9(14)4-7/h2-5,11H,16H2,1H3. The molecule has 5 heteroatoms. The molecule has 0 aliphatic carbocycles. The average Bonchev–Trinajstić information content (AvgIpc) is 2.57. The topological polar surface area (TPSA) is 26.0 Å². The normalized spacial score (nSPS) is 12.8. The van der Waals surface area contributed by atoms with Crippen molar-refractivity contribution >= 4 is 46.1 Å². The van der Waals surface area contributed by atoms with E-state index in [-0.39, 0.29) is 6.04 Å². The highest BCUT2D eigenvalue weighted by atomic mass is 35.5. The molecule has 0 amide bonds. The van der Waals surface area contributed by atoms with E-state index in [4.69, 9.17) is 40.5 Å². The first-order chi connectivity index (χ1) is 7.97. The van der Waals surface area contributed by atoms with Crippen molar-refractivity contribution in [2.45, 2.75) is 13.0 Å². The van der Waals surface area contributed by atoms with Crippen LogP contribution in [0.2, 0.25) is 14.4 Å². The molecule has 2 aromatic rings. The molecule has 0 spiro atoms. The van der Waals surface area contributed by atoms with E-state index in [1.54, 1.807) is 6.07 Å². The molecule has 1 heterocycles. The van der Waals surface area contributed by atoms with E-state index < -0.39 is 0 Å². The lowest BCUT2D eigenvalue weighted by Gasteiger charge is -2.10. The summed E-state index contributed by atoms with van der Waals surface area (Å²) in [6.07, 6.45) is 0. The molecule has 0 aliphatic heterocycles. The third kappa shape index (κ3) is 2.95. The van der Waals surface area contributed by atoms with Crippen LogP contribution in [0, 0.1) is 6.92 Å². The molecule has 1 nitrogen and oxygen atoms in total. The molecule has 1 aromatic heterocycles. The van der Waals surface area contributed by atoms with E-state index in [2.05, 4.69) is 0 Å². The number of halogens is 3. The van der Waals surface area contributed by atoms with Gasteiger partial charge < -0.3 is 5.73 Å². The Balaban J connectivity index is 2.39. The molecule has 0 radical (unpaired) electrons. The zero-order valence-corrected chi connectivity index (χ0v) is 12.1. The van der Waals surface area contributed by atoms with Gasteiger partial charge in [0.2, 0.25) is 0 Å². The summed E-state index contributed by atoms with van der Waals surface area (Å²) in [7, 11) is 0. The Morgan fingerprint density at radius 1 is 1.06 bits per heavy atom. The first-order valence-corrected chi connectivity index (χ1v) is 6.90. The minimum Gasteiger partial charge on any atom is -0.320 e. The number of nitrogens with two attached hydrogens (primary N) is 1. The second-order valence-corrected chi connectivity index (χ2v) is 6.34. The molecule has 0 saturated heterocycles. The lowest BCUT2D eigenvalue weighted by Crippen LogP contribution is -2.10. The van der Waals surface area contributed by atoms with Crippen molar-refractivity contribution in [3.8, 4) is 0 Å². The molecule has 1 unspecified atom stereocenters. The van der Waals surface area contributed by atoms with Gasteiger partial charge in [0.1, 0.15) is 0 Å². The van der Waals surface area contributed by atoms with Crippen LogP contribution in [0.3, 0.4) is 0 Å². The summed E-state index contributed by atoms with van der Waals surface area (Å²) in [6, 6.07) is 7.07. The van der Waals surface area contributed by atoms with Crippen LogP contribution in [0.1, 0.15) is 22.0 Å². The van der Waals surface area contributed by atoms with E-state index in [1.807, 2.05) is 25.1 Å². The van der Waals surface area contributed by atoms with E-state index in [0.29, 0.717) is 10.0 Å². The fraction of sp³-hybridized carbons (Fsp3) is 0.167. The average molecular weight is 307 g/mol. The molecular weight excluding hydrogens is 297 g/mol. The summed E-state index contributed by atoms with van der Waals surface area (Å²) < 4.78 is 0.767. The molecule has 0 aliphatic rings. The van der Waals surface area contributed by atoms with Crippen LogP contribution in [0.5, 0.6) is 0 Å². The number of aryl methyl sites for hydroxylation is 1. The monoisotopic (exact) mass is 305 g/mol. The number of thiophene rings is 1. The minimum atomic E-state index is -0.248. The van der Waals surface area contributed by atoms with Crippen LogP contribution < -0.4 is 5.73 Å². The Labute approximate surface area is 119 Å². The Hall–Kier alpha value is -0.250. The molecule has 2 rings (SSSR count). The maximum absolute atomic E-state index is 6.17. The molecular formula is C12H10Cl3NS. The van der Waals surface area contributed by atoms with Gasteiger partial charge in [0.05, 0.1) is 10.4 Å². The zero-order valence-electron chi connectivity index (χ0n) is 9.01. The predicted molar refractivity (Wildman–Crippen MR) is 76.6 cm³/mol. The summed E-state index contributed by atoms with van der Waals surface area (Å²) >= 11 is 19.4. The van der Waals surface area contributed by atoms with Crippen molar-refractivity contribution in [3.05, 3.63) is 54.7 Å². The number of rotatable bonds is 2. The van der Waals surface area contributed by atoms with Gasteiger partial charge in [-0.25, -0.2) is 0 Å². The number of benzene rings is 1. The molecule has 90 valence electrons. The minimum absolute atomic E-state index is 0.248. The van der Waals surface area contributed by atoms with Crippen LogP contribution in [0.25, 0.3) is 0 Å². The first-order valence-electron chi connectivity index (χ1n) is 4.95. The van der Waals surface area contributed by atoms with Crippen molar-refractivity contribution in [2.75, 3.05) is 0 Å². The van der Waals surface area contributed by atoms with Crippen LogP contribution in [0.15, 0.2) is 24.3 Å².